The van der Waals surface area contributed by atoms with Crippen molar-refractivity contribution in [1.29, 1.82) is 0 Å². The van der Waals surface area contributed by atoms with Crippen LogP contribution in [0.5, 0.6) is 11.6 Å². The number of methoxy groups -OCH3 is 1. The van der Waals surface area contributed by atoms with Gasteiger partial charge in [-0.1, -0.05) is 12.1 Å². The monoisotopic (exact) mass is 287 g/mol. The van der Waals surface area contributed by atoms with Crippen LogP contribution in [-0.4, -0.2) is 23.9 Å². The number of hydrogen-bond donors (Lipinski definition) is 1. The first-order chi connectivity index (χ1) is 10.2. The molecule has 1 aromatic carbocycles. The molecule has 0 aliphatic rings. The molecule has 0 spiro atoms. The van der Waals surface area contributed by atoms with Crippen LogP contribution in [-0.2, 0) is 17.7 Å². The SMILES string of the molecule is COCCc1ccc(Oc2nnc(C)c(C)c2CN)cc1. The fourth-order valence-corrected chi connectivity index (χ4v) is 2.01. The normalized spacial score (nSPS) is 10.7. The summed E-state index contributed by atoms with van der Waals surface area (Å²) in [4.78, 5) is 0. The van der Waals surface area contributed by atoms with Gasteiger partial charge in [-0.05, 0) is 43.5 Å². The Morgan fingerprint density at radius 3 is 2.43 bits per heavy atom. The van der Waals surface area contributed by atoms with E-state index in [1.54, 1.807) is 7.11 Å². The molecule has 0 fully saturated rings. The molecule has 21 heavy (non-hydrogen) atoms. The number of nitrogens with two attached hydrogens (primary N) is 1. The Morgan fingerprint density at radius 1 is 1.10 bits per heavy atom. The number of rotatable bonds is 6. The smallest absolute Gasteiger partial charge is 0.243 e. The lowest BCUT2D eigenvalue weighted by Crippen LogP contribution is -2.07. The van der Waals surface area contributed by atoms with Gasteiger partial charge < -0.3 is 15.2 Å². The van der Waals surface area contributed by atoms with Crippen LogP contribution < -0.4 is 10.5 Å². The van der Waals surface area contributed by atoms with Gasteiger partial charge in [0.2, 0.25) is 5.88 Å². The fraction of sp³-hybridized carbons (Fsp3) is 0.375. The van der Waals surface area contributed by atoms with Crippen LogP contribution in [0.3, 0.4) is 0 Å². The minimum absolute atomic E-state index is 0.378. The lowest BCUT2D eigenvalue weighted by Gasteiger charge is -2.12. The highest BCUT2D eigenvalue weighted by atomic mass is 16.5. The summed E-state index contributed by atoms with van der Waals surface area (Å²) in [5.41, 5.74) is 9.79. The first kappa shape index (κ1) is 15.4. The van der Waals surface area contributed by atoms with E-state index in [-0.39, 0.29) is 0 Å². The van der Waals surface area contributed by atoms with Crippen molar-refractivity contribution in [2.24, 2.45) is 5.73 Å². The topological polar surface area (TPSA) is 70.3 Å². The zero-order valence-electron chi connectivity index (χ0n) is 12.7. The highest BCUT2D eigenvalue weighted by Gasteiger charge is 2.11. The Bertz CT molecular complexity index is 597. The van der Waals surface area contributed by atoms with E-state index >= 15 is 0 Å². The Morgan fingerprint density at radius 2 is 1.81 bits per heavy atom. The van der Waals surface area contributed by atoms with Crippen LogP contribution in [0, 0.1) is 13.8 Å². The van der Waals surface area contributed by atoms with Crippen LogP contribution >= 0.6 is 0 Å². The first-order valence-electron chi connectivity index (χ1n) is 6.94. The molecule has 0 aliphatic heterocycles. The standard InChI is InChI=1S/C16H21N3O2/c1-11-12(2)18-19-16(15(11)10-17)21-14-6-4-13(5-7-14)8-9-20-3/h4-7H,8-10,17H2,1-3H3. The molecule has 0 saturated heterocycles. The first-order valence-corrected chi connectivity index (χ1v) is 6.94. The average Bonchev–Trinajstić information content (AvgIpc) is 2.50. The summed E-state index contributed by atoms with van der Waals surface area (Å²) in [5, 5.41) is 8.20. The summed E-state index contributed by atoms with van der Waals surface area (Å²) in [5.74, 6) is 1.20. The third-order valence-electron chi connectivity index (χ3n) is 3.48. The highest BCUT2D eigenvalue weighted by molar-refractivity contribution is 5.38. The summed E-state index contributed by atoms with van der Waals surface area (Å²) in [6.07, 6.45) is 0.883. The lowest BCUT2D eigenvalue weighted by molar-refractivity contribution is 0.202. The van der Waals surface area contributed by atoms with E-state index in [1.165, 1.54) is 5.56 Å². The molecule has 1 heterocycles. The maximum atomic E-state index is 5.81. The molecule has 0 radical (unpaired) electrons. The molecule has 0 bridgehead atoms. The average molecular weight is 287 g/mol. The Kier molecular flexibility index (Phi) is 5.25. The van der Waals surface area contributed by atoms with Gasteiger partial charge in [0.25, 0.3) is 0 Å². The number of hydrogen-bond acceptors (Lipinski definition) is 5. The van der Waals surface area contributed by atoms with E-state index in [2.05, 4.69) is 10.2 Å². The van der Waals surface area contributed by atoms with Crippen molar-refractivity contribution in [2.45, 2.75) is 26.8 Å². The maximum Gasteiger partial charge on any atom is 0.243 e. The predicted octanol–water partition coefficient (Wildman–Crippen LogP) is 2.53. The van der Waals surface area contributed by atoms with Gasteiger partial charge in [-0.25, -0.2) is 0 Å². The van der Waals surface area contributed by atoms with Crippen molar-refractivity contribution < 1.29 is 9.47 Å². The molecule has 2 N–H and O–H groups in total. The third kappa shape index (κ3) is 3.77. The second-order valence-electron chi connectivity index (χ2n) is 4.89. The van der Waals surface area contributed by atoms with Crippen molar-refractivity contribution >= 4 is 0 Å². The van der Waals surface area contributed by atoms with E-state index in [0.717, 1.165) is 29.0 Å². The van der Waals surface area contributed by atoms with Crippen molar-refractivity contribution in [3.05, 3.63) is 46.6 Å². The van der Waals surface area contributed by atoms with Gasteiger partial charge in [0.05, 0.1) is 12.3 Å². The summed E-state index contributed by atoms with van der Waals surface area (Å²) in [7, 11) is 1.70. The third-order valence-corrected chi connectivity index (χ3v) is 3.48. The van der Waals surface area contributed by atoms with Gasteiger partial charge in [-0.3, -0.25) is 0 Å². The largest absolute Gasteiger partial charge is 0.437 e. The molecule has 0 aliphatic carbocycles. The molecular weight excluding hydrogens is 266 g/mol. The van der Waals surface area contributed by atoms with E-state index in [1.807, 2.05) is 38.1 Å². The van der Waals surface area contributed by atoms with Gasteiger partial charge in [-0.15, -0.1) is 5.10 Å². The molecule has 0 unspecified atom stereocenters. The van der Waals surface area contributed by atoms with E-state index in [4.69, 9.17) is 15.2 Å². The number of aromatic nitrogens is 2. The van der Waals surface area contributed by atoms with Crippen molar-refractivity contribution in [3.8, 4) is 11.6 Å². The van der Waals surface area contributed by atoms with Crippen LogP contribution in [0.25, 0.3) is 0 Å². The van der Waals surface area contributed by atoms with Crippen LogP contribution in [0.15, 0.2) is 24.3 Å². The molecule has 0 atom stereocenters. The number of nitrogens with zero attached hydrogens (tertiary/aromatic N) is 2. The van der Waals surface area contributed by atoms with E-state index < -0.39 is 0 Å². The van der Waals surface area contributed by atoms with Gasteiger partial charge in [0, 0.05) is 19.2 Å². The zero-order valence-corrected chi connectivity index (χ0v) is 12.7. The Labute approximate surface area is 125 Å². The molecule has 112 valence electrons. The number of benzene rings is 1. The van der Waals surface area contributed by atoms with E-state index in [0.29, 0.717) is 19.0 Å². The number of ether oxygens (including phenoxy) is 2. The second-order valence-corrected chi connectivity index (χ2v) is 4.89. The quantitative estimate of drug-likeness (QED) is 0.884. The minimum atomic E-state index is 0.378. The Hall–Kier alpha value is -1.98. The van der Waals surface area contributed by atoms with Crippen molar-refractivity contribution in [3.63, 3.8) is 0 Å². The van der Waals surface area contributed by atoms with Crippen molar-refractivity contribution in [1.82, 2.24) is 10.2 Å². The summed E-state index contributed by atoms with van der Waals surface area (Å²) >= 11 is 0. The molecule has 0 amide bonds. The lowest BCUT2D eigenvalue weighted by atomic mass is 10.1. The summed E-state index contributed by atoms with van der Waals surface area (Å²) < 4.78 is 10.9. The van der Waals surface area contributed by atoms with Crippen LogP contribution in [0.4, 0.5) is 0 Å². The molecular formula is C16H21N3O2. The predicted molar refractivity (Wildman–Crippen MR) is 81.5 cm³/mol. The number of aryl methyl sites for hydroxylation is 1. The Balaban J connectivity index is 2.16. The van der Waals surface area contributed by atoms with Gasteiger partial charge >= 0.3 is 0 Å². The van der Waals surface area contributed by atoms with Crippen molar-refractivity contribution in [2.75, 3.05) is 13.7 Å². The van der Waals surface area contributed by atoms with Crippen LogP contribution in [0.2, 0.25) is 0 Å². The maximum absolute atomic E-state index is 5.81. The summed E-state index contributed by atoms with van der Waals surface area (Å²) in [6.45, 7) is 4.98. The molecule has 5 heteroatoms. The fourth-order valence-electron chi connectivity index (χ4n) is 2.01. The van der Waals surface area contributed by atoms with Gasteiger partial charge in [0.15, 0.2) is 0 Å². The van der Waals surface area contributed by atoms with Gasteiger partial charge in [0.1, 0.15) is 5.75 Å². The van der Waals surface area contributed by atoms with Gasteiger partial charge in [-0.2, -0.15) is 5.10 Å². The summed E-state index contributed by atoms with van der Waals surface area (Å²) in [6, 6.07) is 7.88. The second kappa shape index (κ2) is 7.15. The molecule has 5 nitrogen and oxygen atoms in total. The molecule has 2 aromatic rings. The van der Waals surface area contributed by atoms with Crippen LogP contribution in [0.1, 0.15) is 22.4 Å². The minimum Gasteiger partial charge on any atom is -0.437 e. The highest BCUT2D eigenvalue weighted by Crippen LogP contribution is 2.25. The zero-order chi connectivity index (χ0) is 15.2. The molecule has 1 aromatic heterocycles. The molecule has 2 rings (SSSR count). The molecule has 0 saturated carbocycles. The van der Waals surface area contributed by atoms with E-state index in [9.17, 15) is 0 Å².